The molecule has 0 bridgehead atoms. The molecule has 0 saturated carbocycles. The minimum Gasteiger partial charge on any atom is -0.484 e. The van der Waals surface area contributed by atoms with Gasteiger partial charge >= 0.3 is 0 Å². The van der Waals surface area contributed by atoms with Crippen molar-refractivity contribution in [1.29, 1.82) is 0 Å². The summed E-state index contributed by atoms with van der Waals surface area (Å²) in [5.74, 6) is 0.173. The van der Waals surface area contributed by atoms with Crippen molar-refractivity contribution in [2.24, 2.45) is 0 Å². The summed E-state index contributed by atoms with van der Waals surface area (Å²) in [4.78, 5) is 27.5. The third kappa shape index (κ3) is 7.09. The van der Waals surface area contributed by atoms with Gasteiger partial charge in [0.15, 0.2) is 6.61 Å². The van der Waals surface area contributed by atoms with Crippen LogP contribution >= 0.6 is 11.6 Å². The Labute approximate surface area is 178 Å². The second-order valence-electron chi connectivity index (χ2n) is 6.99. The first-order chi connectivity index (χ1) is 13.9. The molecule has 0 aliphatic heterocycles. The smallest absolute Gasteiger partial charge is 0.261 e. The van der Waals surface area contributed by atoms with Crippen LogP contribution in [0.2, 0.25) is 5.02 Å². The maximum absolute atomic E-state index is 13.0. The van der Waals surface area contributed by atoms with Gasteiger partial charge in [-0.15, -0.1) is 0 Å². The molecule has 2 atom stereocenters. The quantitative estimate of drug-likeness (QED) is 0.622. The summed E-state index contributed by atoms with van der Waals surface area (Å²) in [6, 6.07) is 16.0. The van der Waals surface area contributed by atoms with Crippen LogP contribution in [0.4, 0.5) is 0 Å². The Morgan fingerprint density at radius 2 is 1.69 bits per heavy atom. The average Bonchev–Trinajstić information content (AvgIpc) is 2.73. The zero-order chi connectivity index (χ0) is 21.2. The van der Waals surface area contributed by atoms with Crippen molar-refractivity contribution in [3.05, 3.63) is 65.2 Å². The molecule has 2 aromatic rings. The number of hydrogen-bond acceptors (Lipinski definition) is 3. The molecule has 0 aliphatic rings. The topological polar surface area (TPSA) is 58.6 Å². The highest BCUT2D eigenvalue weighted by Crippen LogP contribution is 2.17. The molecule has 0 unspecified atom stereocenters. The van der Waals surface area contributed by atoms with E-state index in [2.05, 4.69) is 5.32 Å². The summed E-state index contributed by atoms with van der Waals surface area (Å²) in [6.45, 7) is 6.07. The predicted molar refractivity (Wildman–Crippen MR) is 116 cm³/mol. The van der Waals surface area contributed by atoms with Crippen LogP contribution in [0.1, 0.15) is 39.2 Å². The fourth-order valence-electron chi connectivity index (χ4n) is 2.90. The summed E-state index contributed by atoms with van der Waals surface area (Å²) in [5, 5.41) is 3.59. The Kier molecular flexibility index (Phi) is 9.00. The number of amides is 2. The van der Waals surface area contributed by atoms with Gasteiger partial charge in [0.05, 0.1) is 0 Å². The van der Waals surface area contributed by atoms with Crippen LogP contribution in [0.3, 0.4) is 0 Å². The lowest BCUT2D eigenvalue weighted by Gasteiger charge is -2.31. The SMILES string of the molecule is CC[C@@H](C)NC(=O)[C@@H](CC)N(Cc1ccccc1)C(=O)COc1ccc(Cl)cc1. The lowest BCUT2D eigenvalue weighted by Crippen LogP contribution is -2.51. The van der Waals surface area contributed by atoms with E-state index < -0.39 is 6.04 Å². The second-order valence-corrected chi connectivity index (χ2v) is 7.43. The molecule has 0 fully saturated rings. The van der Waals surface area contributed by atoms with Crippen LogP contribution in [-0.4, -0.2) is 35.4 Å². The Bertz CT molecular complexity index is 780. The van der Waals surface area contributed by atoms with Crippen molar-refractivity contribution in [2.75, 3.05) is 6.61 Å². The molecule has 5 nitrogen and oxygen atoms in total. The van der Waals surface area contributed by atoms with Gasteiger partial charge in [-0.2, -0.15) is 0 Å². The van der Waals surface area contributed by atoms with Crippen molar-refractivity contribution in [3.63, 3.8) is 0 Å². The molecule has 0 heterocycles. The van der Waals surface area contributed by atoms with Gasteiger partial charge in [0.25, 0.3) is 5.91 Å². The van der Waals surface area contributed by atoms with Crippen LogP contribution in [-0.2, 0) is 16.1 Å². The molecule has 2 amide bonds. The first-order valence-corrected chi connectivity index (χ1v) is 10.3. The predicted octanol–water partition coefficient (Wildman–Crippen LogP) is 4.44. The molecule has 0 radical (unpaired) electrons. The zero-order valence-corrected chi connectivity index (χ0v) is 18.0. The van der Waals surface area contributed by atoms with E-state index in [1.807, 2.05) is 51.1 Å². The number of ether oxygens (including phenoxy) is 1. The monoisotopic (exact) mass is 416 g/mol. The summed E-state index contributed by atoms with van der Waals surface area (Å²) in [6.07, 6.45) is 1.34. The average molecular weight is 417 g/mol. The van der Waals surface area contributed by atoms with E-state index >= 15 is 0 Å². The third-order valence-corrected chi connectivity index (χ3v) is 5.01. The van der Waals surface area contributed by atoms with Gasteiger partial charge in [0.1, 0.15) is 11.8 Å². The highest BCUT2D eigenvalue weighted by atomic mass is 35.5. The number of nitrogens with zero attached hydrogens (tertiary/aromatic N) is 1. The van der Waals surface area contributed by atoms with Gasteiger partial charge in [-0.05, 0) is 49.6 Å². The standard InChI is InChI=1S/C23H29ClN2O3/c1-4-17(3)25-23(28)21(5-2)26(15-18-9-7-6-8-10-18)22(27)16-29-20-13-11-19(24)12-14-20/h6-14,17,21H,4-5,15-16H2,1-3H3,(H,25,28)/t17-,21-/m1/s1. The Hall–Kier alpha value is -2.53. The van der Waals surface area contributed by atoms with E-state index in [4.69, 9.17) is 16.3 Å². The zero-order valence-electron chi connectivity index (χ0n) is 17.2. The normalized spacial score (nSPS) is 12.7. The first-order valence-electron chi connectivity index (χ1n) is 9.96. The summed E-state index contributed by atoms with van der Waals surface area (Å²) < 4.78 is 5.64. The lowest BCUT2D eigenvalue weighted by molar-refractivity contribution is -0.143. The van der Waals surface area contributed by atoms with E-state index in [-0.39, 0.29) is 24.5 Å². The highest BCUT2D eigenvalue weighted by molar-refractivity contribution is 6.30. The largest absolute Gasteiger partial charge is 0.484 e. The maximum atomic E-state index is 13.0. The molecular formula is C23H29ClN2O3. The van der Waals surface area contributed by atoms with Crippen molar-refractivity contribution >= 4 is 23.4 Å². The number of carbonyl (C=O) groups excluding carboxylic acids is 2. The van der Waals surface area contributed by atoms with Crippen molar-refractivity contribution in [3.8, 4) is 5.75 Å². The first kappa shape index (κ1) is 22.8. The highest BCUT2D eigenvalue weighted by Gasteiger charge is 2.29. The molecule has 156 valence electrons. The fraction of sp³-hybridized carbons (Fsp3) is 0.391. The Morgan fingerprint density at radius 3 is 2.28 bits per heavy atom. The Balaban J connectivity index is 2.16. The van der Waals surface area contributed by atoms with Gasteiger partial charge in [0.2, 0.25) is 5.91 Å². The van der Waals surface area contributed by atoms with E-state index in [1.54, 1.807) is 29.2 Å². The fourth-order valence-corrected chi connectivity index (χ4v) is 3.03. The van der Waals surface area contributed by atoms with Crippen LogP contribution in [0.5, 0.6) is 5.75 Å². The number of benzene rings is 2. The Morgan fingerprint density at radius 1 is 1.03 bits per heavy atom. The van der Waals surface area contributed by atoms with Crippen LogP contribution in [0.25, 0.3) is 0 Å². The third-order valence-electron chi connectivity index (χ3n) is 4.76. The van der Waals surface area contributed by atoms with E-state index in [0.29, 0.717) is 23.7 Å². The number of nitrogens with one attached hydrogen (secondary N) is 1. The van der Waals surface area contributed by atoms with E-state index in [9.17, 15) is 9.59 Å². The van der Waals surface area contributed by atoms with Crippen molar-refractivity contribution < 1.29 is 14.3 Å². The maximum Gasteiger partial charge on any atom is 0.261 e. The molecule has 0 spiro atoms. The van der Waals surface area contributed by atoms with Gasteiger partial charge in [-0.25, -0.2) is 0 Å². The molecule has 29 heavy (non-hydrogen) atoms. The summed E-state index contributed by atoms with van der Waals surface area (Å²) >= 11 is 5.89. The van der Waals surface area contributed by atoms with Crippen LogP contribution in [0, 0.1) is 0 Å². The second kappa shape index (κ2) is 11.5. The van der Waals surface area contributed by atoms with Crippen molar-refractivity contribution in [1.82, 2.24) is 10.2 Å². The number of halogens is 1. The van der Waals surface area contributed by atoms with Gasteiger partial charge in [0, 0.05) is 17.6 Å². The minimum absolute atomic E-state index is 0.0514. The minimum atomic E-state index is -0.564. The van der Waals surface area contributed by atoms with Crippen LogP contribution in [0.15, 0.2) is 54.6 Å². The molecule has 0 saturated heterocycles. The number of hydrogen-bond donors (Lipinski definition) is 1. The molecule has 0 aromatic heterocycles. The van der Waals surface area contributed by atoms with Gasteiger partial charge < -0.3 is 15.0 Å². The molecule has 6 heteroatoms. The molecule has 2 rings (SSSR count). The van der Waals surface area contributed by atoms with Gasteiger partial charge in [-0.3, -0.25) is 9.59 Å². The van der Waals surface area contributed by atoms with Gasteiger partial charge in [-0.1, -0.05) is 55.8 Å². The molecular weight excluding hydrogens is 388 g/mol. The number of rotatable bonds is 10. The van der Waals surface area contributed by atoms with E-state index in [1.165, 1.54) is 0 Å². The van der Waals surface area contributed by atoms with Crippen molar-refractivity contribution in [2.45, 2.75) is 52.2 Å². The summed E-state index contributed by atoms with van der Waals surface area (Å²) in [7, 11) is 0. The molecule has 0 aliphatic carbocycles. The number of carbonyl (C=O) groups is 2. The lowest BCUT2D eigenvalue weighted by atomic mass is 10.1. The molecule has 2 aromatic carbocycles. The summed E-state index contributed by atoms with van der Waals surface area (Å²) in [5.41, 5.74) is 0.960. The van der Waals surface area contributed by atoms with E-state index in [0.717, 1.165) is 12.0 Å². The molecule has 1 N–H and O–H groups in total. The van der Waals surface area contributed by atoms with Crippen LogP contribution < -0.4 is 10.1 Å².